The number of ether oxygens (including phenoxy) is 2. The smallest absolute Gasteiger partial charge is 0.400 e. The van der Waals surface area contributed by atoms with E-state index < -0.39 is 13.8 Å². The second-order valence-corrected chi connectivity index (χ2v) is 10.1. The van der Waals surface area contributed by atoms with Gasteiger partial charge in [0.1, 0.15) is 11.6 Å². The number of hydrogen-bond donors (Lipinski definition) is 5. The molecule has 5 N–H and O–H groups in total. The van der Waals surface area contributed by atoms with E-state index in [0.29, 0.717) is 6.04 Å². The molecular weight excluding hydrogens is 447 g/mol. The fourth-order valence-electron chi connectivity index (χ4n) is 4.00. The van der Waals surface area contributed by atoms with Crippen LogP contribution in [0.3, 0.4) is 0 Å². The summed E-state index contributed by atoms with van der Waals surface area (Å²) in [6.07, 6.45) is 5.87. The number of aromatic nitrogens is 3. The van der Waals surface area contributed by atoms with Crippen molar-refractivity contribution in [3.8, 4) is 0 Å². The Balaban J connectivity index is 0.00000132. The molecule has 174 valence electrons. The van der Waals surface area contributed by atoms with E-state index in [2.05, 4.69) is 15.4 Å². The van der Waals surface area contributed by atoms with Gasteiger partial charge in [0.15, 0.2) is 5.82 Å². The number of halogens is 1. The average Bonchev–Trinajstić information content (AvgIpc) is 3.47. The lowest BCUT2D eigenvalue weighted by atomic mass is 10.1. The molecule has 1 aliphatic carbocycles. The van der Waals surface area contributed by atoms with E-state index in [0.717, 1.165) is 49.8 Å². The number of rotatable bonds is 7. The number of anilines is 1. The molecule has 1 saturated carbocycles. The molecule has 0 spiro atoms. The van der Waals surface area contributed by atoms with Gasteiger partial charge < -0.3 is 19.9 Å². The van der Waals surface area contributed by atoms with Crippen LogP contribution in [0.1, 0.15) is 57.2 Å². The molecule has 4 rings (SSSR count). The topological polar surface area (TPSA) is 142 Å². The van der Waals surface area contributed by atoms with E-state index in [1.165, 1.54) is 19.8 Å². The highest BCUT2D eigenvalue weighted by Gasteiger charge is 2.41. The Morgan fingerprint density at radius 3 is 2.61 bits per heavy atom. The monoisotopic (exact) mass is 477 g/mol. The summed E-state index contributed by atoms with van der Waals surface area (Å²) in [6.45, 7) is 1.60. The van der Waals surface area contributed by atoms with Crippen molar-refractivity contribution in [1.29, 1.82) is 0 Å². The van der Waals surface area contributed by atoms with Gasteiger partial charge in [0.05, 0.1) is 18.4 Å². The summed E-state index contributed by atoms with van der Waals surface area (Å²) in [5.74, 6) is -0.293. The van der Waals surface area contributed by atoms with Crippen LogP contribution >= 0.6 is 19.5 Å². The van der Waals surface area contributed by atoms with Crippen molar-refractivity contribution in [2.45, 2.75) is 69.5 Å². The Morgan fingerprint density at radius 2 is 1.94 bits per heavy atom. The molecule has 31 heavy (non-hydrogen) atoms. The quantitative estimate of drug-likeness (QED) is 0.380. The molecule has 2 aromatic rings. The number of hydrogen-bond acceptors (Lipinski definition) is 9. The second-order valence-electron chi connectivity index (χ2n) is 7.78. The maximum absolute atomic E-state index is 9.26. The first-order chi connectivity index (χ1) is 14.8. The molecule has 1 saturated heterocycles. The van der Waals surface area contributed by atoms with E-state index in [9.17, 15) is 14.7 Å². The second kappa shape index (κ2) is 10.7. The molecule has 1 aliphatic heterocycles. The third-order valence-electron chi connectivity index (χ3n) is 5.66. The van der Waals surface area contributed by atoms with E-state index in [-0.39, 0.29) is 24.1 Å². The zero-order valence-corrected chi connectivity index (χ0v) is 19.3. The van der Waals surface area contributed by atoms with Crippen LogP contribution in [0.4, 0.5) is 5.82 Å². The Bertz CT molecular complexity index is 858. The predicted molar refractivity (Wildman–Crippen MR) is 118 cm³/mol. The first kappa shape index (κ1) is 24.5. The molecule has 2 fully saturated rings. The summed E-state index contributed by atoms with van der Waals surface area (Å²) < 4.78 is 13.2. The zero-order chi connectivity index (χ0) is 22.6. The van der Waals surface area contributed by atoms with Gasteiger partial charge in [-0.3, -0.25) is 0 Å². The molecule has 12 heteroatoms. The van der Waals surface area contributed by atoms with Crippen molar-refractivity contribution in [2.75, 3.05) is 19.0 Å². The van der Waals surface area contributed by atoms with E-state index in [1.807, 2.05) is 12.1 Å². The van der Waals surface area contributed by atoms with Crippen LogP contribution in [0.5, 0.6) is 0 Å². The molecule has 0 bridgehead atoms. The molecule has 3 heterocycles. The Morgan fingerprint density at radius 1 is 1.23 bits per heavy atom. The largest absolute Gasteiger partial charge is 0.434 e. The highest BCUT2D eigenvalue weighted by atomic mass is 35.5. The van der Waals surface area contributed by atoms with E-state index >= 15 is 0 Å². The minimum atomic E-state index is -4.00. The number of aliphatic hydroxyl groups excluding tert-OH is 1. The van der Waals surface area contributed by atoms with Crippen LogP contribution in [-0.2, 0) is 9.47 Å². The van der Waals surface area contributed by atoms with Crippen LogP contribution in [-0.4, -0.2) is 66.1 Å². The van der Waals surface area contributed by atoms with Gasteiger partial charge in [0, 0.05) is 20.1 Å². The summed E-state index contributed by atoms with van der Waals surface area (Å²) in [5, 5.41) is 15.0. The molecule has 2 aromatic heterocycles. The Hall–Kier alpha value is -1.10. The van der Waals surface area contributed by atoms with Gasteiger partial charge in [-0.15, -0.1) is 5.10 Å². The number of aliphatic hydroxyl groups is 1. The highest BCUT2D eigenvalue weighted by molar-refractivity contribution is 7.59. The number of nitrogens with zero attached hydrogens (tertiary/aromatic N) is 3. The zero-order valence-electron chi connectivity index (χ0n) is 17.7. The summed E-state index contributed by atoms with van der Waals surface area (Å²) in [7, 11) is -3.00. The van der Waals surface area contributed by atoms with Crippen LogP contribution in [0.15, 0.2) is 12.1 Å². The van der Waals surface area contributed by atoms with Gasteiger partial charge in [0.25, 0.3) is 0 Å². The Kier molecular flexibility index (Phi) is 8.45. The average molecular weight is 478 g/mol. The Labute approximate surface area is 186 Å². The van der Waals surface area contributed by atoms with Crippen molar-refractivity contribution in [1.82, 2.24) is 14.6 Å². The molecule has 3 atom stereocenters. The molecule has 0 aromatic carbocycles. The highest BCUT2D eigenvalue weighted by Crippen LogP contribution is 2.50. The summed E-state index contributed by atoms with van der Waals surface area (Å²) in [4.78, 5) is 32.2. The van der Waals surface area contributed by atoms with Gasteiger partial charge in [-0.2, -0.15) is 19.7 Å². The van der Waals surface area contributed by atoms with Crippen molar-refractivity contribution < 1.29 is 29.3 Å². The SMILES string of the molecule is CC(OCC1CCC(c2ccc3c(NC4CCCC4)nc(Cl)nn23)O1)[P+](O)(O)O.CO. The molecule has 3 unspecified atom stereocenters. The fourth-order valence-corrected chi connectivity index (χ4v) is 4.44. The van der Waals surface area contributed by atoms with Crippen LogP contribution in [0, 0.1) is 0 Å². The van der Waals surface area contributed by atoms with Crippen molar-refractivity contribution in [2.24, 2.45) is 0 Å². The normalized spacial score (nSPS) is 23.1. The summed E-state index contributed by atoms with van der Waals surface area (Å²) in [5.41, 5.74) is 1.76. The molecule has 0 radical (unpaired) electrons. The summed E-state index contributed by atoms with van der Waals surface area (Å²) >= 11 is 6.19. The van der Waals surface area contributed by atoms with E-state index in [1.54, 1.807) is 4.52 Å². The fraction of sp³-hybridized carbons (Fsp3) is 0.684. The number of fused-ring (bicyclic) bond motifs is 1. The lowest BCUT2D eigenvalue weighted by molar-refractivity contribution is -0.0281. The van der Waals surface area contributed by atoms with E-state index in [4.69, 9.17) is 26.2 Å². The molecular formula is C19H31ClN4O6P+. The first-order valence-corrected chi connectivity index (χ1v) is 12.5. The van der Waals surface area contributed by atoms with Gasteiger partial charge in [-0.05, 0) is 49.4 Å². The minimum absolute atomic E-state index is 0.175. The lowest BCUT2D eigenvalue weighted by Gasteiger charge is -2.18. The molecule has 2 aliphatic rings. The van der Waals surface area contributed by atoms with Crippen molar-refractivity contribution in [3.63, 3.8) is 0 Å². The molecule has 0 amide bonds. The first-order valence-electron chi connectivity index (χ1n) is 10.4. The van der Waals surface area contributed by atoms with Crippen LogP contribution in [0.25, 0.3) is 5.52 Å². The maximum Gasteiger partial charge on any atom is 0.434 e. The summed E-state index contributed by atoms with van der Waals surface area (Å²) in [6, 6.07) is 4.36. The van der Waals surface area contributed by atoms with Gasteiger partial charge in [-0.1, -0.05) is 12.8 Å². The van der Waals surface area contributed by atoms with Crippen LogP contribution < -0.4 is 5.32 Å². The predicted octanol–water partition coefficient (Wildman–Crippen LogP) is 2.67. The standard InChI is InChI=1S/C18H27ClN4O5P.CH4O/c1-11(29(24,25)26)27-10-13-6-9-16(28-13)14-7-8-15-17(20-12-4-2-3-5-12)21-18(19)22-23(14)15;1-2/h7-8,11-13,16,24-26H,2-6,9-10H2,1H3,(H,20,21,22);2H,1H3/q+1;. The lowest BCUT2D eigenvalue weighted by Crippen LogP contribution is -2.21. The minimum Gasteiger partial charge on any atom is -0.400 e. The van der Waals surface area contributed by atoms with Crippen LogP contribution in [0.2, 0.25) is 5.28 Å². The van der Waals surface area contributed by atoms with Gasteiger partial charge in [0.2, 0.25) is 11.1 Å². The van der Waals surface area contributed by atoms with Crippen molar-refractivity contribution in [3.05, 3.63) is 23.1 Å². The maximum atomic E-state index is 9.26. The third kappa shape index (κ3) is 6.03. The van der Waals surface area contributed by atoms with Gasteiger partial charge in [-0.25, -0.2) is 4.52 Å². The molecule has 10 nitrogen and oxygen atoms in total. The third-order valence-corrected chi connectivity index (χ3v) is 6.94. The van der Waals surface area contributed by atoms with Crippen molar-refractivity contribution >= 4 is 30.9 Å². The van der Waals surface area contributed by atoms with Gasteiger partial charge >= 0.3 is 7.94 Å². The number of nitrogens with one attached hydrogen (secondary N) is 1.